The van der Waals surface area contributed by atoms with Crippen molar-refractivity contribution in [2.45, 2.75) is 0 Å². The molecule has 0 fully saturated rings. The summed E-state index contributed by atoms with van der Waals surface area (Å²) in [6, 6.07) is 10.3. The molecule has 0 aliphatic carbocycles. The first-order valence-electron chi connectivity index (χ1n) is 6.40. The Balaban J connectivity index is 1.99. The second-order valence-corrected chi connectivity index (χ2v) is 4.54. The van der Waals surface area contributed by atoms with Gasteiger partial charge in [-0.15, -0.1) is 0 Å². The lowest BCUT2D eigenvalue weighted by molar-refractivity contribution is 0.0690. The van der Waals surface area contributed by atoms with Crippen molar-refractivity contribution in [3.8, 4) is 0 Å². The fourth-order valence-electron chi connectivity index (χ4n) is 2.06. The Bertz CT molecular complexity index is 898. The molecule has 0 bridgehead atoms. The quantitative estimate of drug-likeness (QED) is 0.720. The fraction of sp³-hybridized carbons (Fsp3) is 0. The van der Waals surface area contributed by atoms with Crippen molar-refractivity contribution < 1.29 is 9.90 Å². The standard InChI is InChI=1S/C16H10N4O2/c1-17-11-3-2-10-6-7-18-15(13(10)8-11)20-12-4-5-14(16(21)22)19-9-12/h2-9H,(H,18,20)(H,21,22). The summed E-state index contributed by atoms with van der Waals surface area (Å²) in [6.45, 7) is 7.09. The molecule has 0 amide bonds. The maximum Gasteiger partial charge on any atom is 0.354 e. The lowest BCUT2D eigenvalue weighted by Crippen LogP contribution is -2.01. The average Bonchev–Trinajstić information content (AvgIpc) is 2.55. The number of hydrogen-bond donors (Lipinski definition) is 2. The van der Waals surface area contributed by atoms with Crippen LogP contribution in [0.3, 0.4) is 0 Å². The molecular weight excluding hydrogens is 280 g/mol. The highest BCUT2D eigenvalue weighted by Crippen LogP contribution is 2.27. The second-order valence-electron chi connectivity index (χ2n) is 4.54. The third-order valence-electron chi connectivity index (χ3n) is 3.12. The first-order valence-corrected chi connectivity index (χ1v) is 6.40. The van der Waals surface area contributed by atoms with Gasteiger partial charge in [0.1, 0.15) is 11.5 Å². The van der Waals surface area contributed by atoms with Crippen LogP contribution in [0.2, 0.25) is 0 Å². The van der Waals surface area contributed by atoms with Gasteiger partial charge in [0, 0.05) is 11.6 Å². The van der Waals surface area contributed by atoms with Crippen LogP contribution in [0.1, 0.15) is 10.5 Å². The molecule has 0 radical (unpaired) electrons. The summed E-state index contributed by atoms with van der Waals surface area (Å²) >= 11 is 0. The summed E-state index contributed by atoms with van der Waals surface area (Å²) in [5.41, 5.74) is 1.13. The number of aromatic nitrogens is 2. The van der Waals surface area contributed by atoms with Crippen LogP contribution in [0.4, 0.5) is 17.2 Å². The number of nitrogens with zero attached hydrogens (tertiary/aromatic N) is 3. The van der Waals surface area contributed by atoms with E-state index in [0.29, 0.717) is 17.2 Å². The molecule has 0 aliphatic rings. The number of aromatic carboxylic acids is 1. The largest absolute Gasteiger partial charge is 0.477 e. The molecule has 3 aromatic rings. The summed E-state index contributed by atoms with van der Waals surface area (Å²) in [5.74, 6) is -0.482. The predicted molar refractivity (Wildman–Crippen MR) is 82.5 cm³/mol. The number of carbonyl (C=O) groups is 1. The summed E-state index contributed by atoms with van der Waals surface area (Å²) < 4.78 is 0. The normalized spacial score (nSPS) is 10.1. The van der Waals surface area contributed by atoms with Crippen LogP contribution < -0.4 is 5.32 Å². The minimum absolute atomic E-state index is 0.0216. The lowest BCUT2D eigenvalue weighted by Gasteiger charge is -2.09. The van der Waals surface area contributed by atoms with Gasteiger partial charge in [0.15, 0.2) is 5.69 Å². The summed E-state index contributed by atoms with van der Waals surface area (Å²) in [7, 11) is 0. The zero-order chi connectivity index (χ0) is 15.5. The molecule has 2 aromatic heterocycles. The molecule has 0 saturated heterocycles. The summed E-state index contributed by atoms with van der Waals surface area (Å²) in [5, 5.41) is 13.7. The molecular formula is C16H10N4O2. The number of nitrogens with one attached hydrogen (secondary N) is 1. The van der Waals surface area contributed by atoms with Gasteiger partial charge in [-0.3, -0.25) is 0 Å². The lowest BCUT2D eigenvalue weighted by atomic mass is 10.1. The van der Waals surface area contributed by atoms with E-state index in [1.807, 2.05) is 12.1 Å². The Morgan fingerprint density at radius 2 is 2.05 bits per heavy atom. The third kappa shape index (κ3) is 2.55. The number of anilines is 2. The highest BCUT2D eigenvalue weighted by molar-refractivity contribution is 5.95. The summed E-state index contributed by atoms with van der Waals surface area (Å²) in [4.78, 5) is 22.3. The zero-order valence-corrected chi connectivity index (χ0v) is 11.3. The minimum atomic E-state index is -1.07. The number of fused-ring (bicyclic) bond motifs is 1. The Kier molecular flexibility index (Phi) is 3.38. The highest BCUT2D eigenvalue weighted by atomic mass is 16.4. The van der Waals surface area contributed by atoms with Gasteiger partial charge in [0.25, 0.3) is 0 Å². The van der Waals surface area contributed by atoms with E-state index in [1.165, 1.54) is 12.3 Å². The van der Waals surface area contributed by atoms with Crippen molar-refractivity contribution in [1.29, 1.82) is 0 Å². The SMILES string of the molecule is [C-]#[N+]c1ccc2ccnc(Nc3ccc(C(=O)O)nc3)c2c1. The van der Waals surface area contributed by atoms with E-state index in [2.05, 4.69) is 20.1 Å². The first kappa shape index (κ1) is 13.5. The zero-order valence-electron chi connectivity index (χ0n) is 11.3. The Labute approximate surface area is 125 Å². The average molecular weight is 290 g/mol. The van der Waals surface area contributed by atoms with Crippen molar-refractivity contribution in [1.82, 2.24) is 9.97 Å². The third-order valence-corrected chi connectivity index (χ3v) is 3.12. The van der Waals surface area contributed by atoms with Crippen molar-refractivity contribution in [2.75, 3.05) is 5.32 Å². The van der Waals surface area contributed by atoms with E-state index in [4.69, 9.17) is 11.7 Å². The van der Waals surface area contributed by atoms with Gasteiger partial charge in [-0.2, -0.15) is 0 Å². The molecule has 6 nitrogen and oxygen atoms in total. The van der Waals surface area contributed by atoms with E-state index in [-0.39, 0.29) is 5.69 Å². The van der Waals surface area contributed by atoms with Gasteiger partial charge in [-0.25, -0.2) is 19.6 Å². The molecule has 106 valence electrons. The van der Waals surface area contributed by atoms with Gasteiger partial charge in [0.05, 0.1) is 18.5 Å². The maximum atomic E-state index is 10.8. The first-order chi connectivity index (χ1) is 10.7. The Morgan fingerprint density at radius 3 is 2.73 bits per heavy atom. The van der Waals surface area contributed by atoms with Crippen LogP contribution in [0, 0.1) is 6.57 Å². The molecule has 0 spiro atoms. The van der Waals surface area contributed by atoms with Gasteiger partial charge < -0.3 is 10.4 Å². The van der Waals surface area contributed by atoms with Crippen LogP contribution >= 0.6 is 0 Å². The number of carboxylic acids is 1. The highest BCUT2D eigenvalue weighted by Gasteiger charge is 2.06. The number of rotatable bonds is 3. The van der Waals surface area contributed by atoms with E-state index < -0.39 is 5.97 Å². The van der Waals surface area contributed by atoms with E-state index >= 15 is 0 Å². The van der Waals surface area contributed by atoms with Crippen LogP contribution in [0.15, 0.2) is 48.8 Å². The van der Waals surface area contributed by atoms with Crippen LogP contribution in [-0.4, -0.2) is 21.0 Å². The smallest absolute Gasteiger partial charge is 0.354 e. The predicted octanol–water partition coefficient (Wildman–Crippen LogP) is 3.62. The van der Waals surface area contributed by atoms with Crippen LogP contribution in [-0.2, 0) is 0 Å². The van der Waals surface area contributed by atoms with Gasteiger partial charge in [-0.1, -0.05) is 12.1 Å². The molecule has 2 N–H and O–H groups in total. The monoisotopic (exact) mass is 290 g/mol. The number of carboxylic acid groups (broad SMARTS) is 1. The van der Waals surface area contributed by atoms with Gasteiger partial charge >= 0.3 is 5.97 Å². The molecule has 6 heteroatoms. The molecule has 1 aromatic carbocycles. The Hall–Kier alpha value is -3.46. The molecule has 22 heavy (non-hydrogen) atoms. The molecule has 2 heterocycles. The number of hydrogen-bond acceptors (Lipinski definition) is 4. The molecule has 0 saturated carbocycles. The van der Waals surface area contributed by atoms with Crippen molar-refractivity contribution in [3.63, 3.8) is 0 Å². The maximum absolute atomic E-state index is 10.8. The van der Waals surface area contributed by atoms with Crippen LogP contribution in [0.5, 0.6) is 0 Å². The molecule has 0 unspecified atom stereocenters. The van der Waals surface area contributed by atoms with Crippen molar-refractivity contribution in [2.24, 2.45) is 0 Å². The van der Waals surface area contributed by atoms with Crippen molar-refractivity contribution in [3.05, 3.63) is 65.9 Å². The molecule has 0 atom stereocenters. The number of pyridine rings is 2. The number of benzene rings is 1. The molecule has 0 aliphatic heterocycles. The van der Waals surface area contributed by atoms with E-state index in [1.54, 1.807) is 24.4 Å². The van der Waals surface area contributed by atoms with Gasteiger partial charge in [0.2, 0.25) is 0 Å². The molecule has 3 rings (SSSR count). The van der Waals surface area contributed by atoms with Crippen molar-refractivity contribution >= 4 is 33.9 Å². The minimum Gasteiger partial charge on any atom is -0.477 e. The van der Waals surface area contributed by atoms with E-state index in [9.17, 15) is 4.79 Å². The summed E-state index contributed by atoms with van der Waals surface area (Å²) in [6.07, 6.45) is 3.10. The second kappa shape index (κ2) is 5.50. The van der Waals surface area contributed by atoms with Gasteiger partial charge in [-0.05, 0) is 29.7 Å². The topological polar surface area (TPSA) is 79.5 Å². The Morgan fingerprint density at radius 1 is 1.18 bits per heavy atom. The fourth-order valence-corrected chi connectivity index (χ4v) is 2.06. The van der Waals surface area contributed by atoms with Crippen LogP contribution in [0.25, 0.3) is 15.6 Å². The van der Waals surface area contributed by atoms with E-state index in [0.717, 1.165) is 10.8 Å².